The second-order valence-electron chi connectivity index (χ2n) is 7.97. The number of aromatic nitrogens is 1. The molecule has 1 aliphatic carbocycles. The zero-order valence-electron chi connectivity index (χ0n) is 17.4. The molecule has 1 fully saturated rings. The number of carbonyl (C=O) groups is 1. The van der Waals surface area contributed by atoms with Crippen molar-refractivity contribution in [3.63, 3.8) is 0 Å². The molecule has 31 heavy (non-hydrogen) atoms. The van der Waals surface area contributed by atoms with E-state index in [1.54, 1.807) is 36.2 Å². The van der Waals surface area contributed by atoms with Crippen molar-refractivity contribution in [1.29, 1.82) is 5.26 Å². The summed E-state index contributed by atoms with van der Waals surface area (Å²) in [4.78, 5) is 26.8. The van der Waals surface area contributed by atoms with Gasteiger partial charge in [0, 0.05) is 28.7 Å². The first-order chi connectivity index (χ1) is 14.9. The molecule has 2 aliphatic rings. The van der Waals surface area contributed by atoms with Gasteiger partial charge in [-0.1, -0.05) is 11.6 Å². The maximum Gasteiger partial charge on any atom is 0.344 e. The predicted octanol–water partition coefficient (Wildman–Crippen LogP) is 5.36. The summed E-state index contributed by atoms with van der Waals surface area (Å²) in [6.45, 7) is 3.95. The van der Waals surface area contributed by atoms with E-state index < -0.39 is 5.97 Å². The summed E-state index contributed by atoms with van der Waals surface area (Å²) >= 11 is 8.13. The first-order valence-electron chi connectivity index (χ1n) is 10.4. The highest BCUT2D eigenvalue weighted by Crippen LogP contribution is 2.48. The Balaban J connectivity index is 1.77. The molecule has 0 spiro atoms. The van der Waals surface area contributed by atoms with E-state index in [2.05, 4.69) is 6.07 Å². The van der Waals surface area contributed by atoms with Crippen LogP contribution in [0.25, 0.3) is 11.3 Å². The Morgan fingerprint density at radius 1 is 1.35 bits per heavy atom. The van der Waals surface area contributed by atoms with Gasteiger partial charge in [-0.15, -0.1) is 11.8 Å². The summed E-state index contributed by atoms with van der Waals surface area (Å²) in [5, 5.41) is 9.13. The Morgan fingerprint density at radius 2 is 2.13 bits per heavy atom. The van der Waals surface area contributed by atoms with E-state index in [0.29, 0.717) is 36.0 Å². The van der Waals surface area contributed by atoms with E-state index in [1.165, 1.54) is 0 Å². The second-order valence-corrected chi connectivity index (χ2v) is 9.39. The summed E-state index contributed by atoms with van der Waals surface area (Å²) in [5.74, 6) is 0.631. The molecule has 1 aliphatic heterocycles. The fourth-order valence-electron chi connectivity index (χ4n) is 3.65. The van der Waals surface area contributed by atoms with Crippen LogP contribution in [0.5, 0.6) is 5.75 Å². The van der Waals surface area contributed by atoms with Gasteiger partial charge >= 0.3 is 5.97 Å². The highest BCUT2D eigenvalue weighted by molar-refractivity contribution is 7.98. The molecule has 1 aromatic heterocycles. The lowest BCUT2D eigenvalue weighted by molar-refractivity contribution is 0.0375. The minimum atomic E-state index is -0.577. The van der Waals surface area contributed by atoms with Gasteiger partial charge in [-0.3, -0.25) is 4.79 Å². The number of carbonyl (C=O) groups excluding carboxylic acids is 1. The molecular formula is C23H23ClN2O4S. The average Bonchev–Trinajstić information content (AvgIpc) is 3.55. The summed E-state index contributed by atoms with van der Waals surface area (Å²) in [6, 6.07) is 7.61. The molecule has 0 saturated heterocycles. The van der Waals surface area contributed by atoms with Crippen LogP contribution < -0.4 is 10.3 Å². The van der Waals surface area contributed by atoms with Crippen LogP contribution in [-0.4, -0.2) is 23.2 Å². The van der Waals surface area contributed by atoms with Gasteiger partial charge in [0.05, 0.1) is 29.5 Å². The fourth-order valence-corrected chi connectivity index (χ4v) is 4.90. The highest BCUT2D eigenvalue weighted by Gasteiger charge is 2.34. The lowest BCUT2D eigenvalue weighted by Gasteiger charge is -2.25. The summed E-state index contributed by atoms with van der Waals surface area (Å²) < 4.78 is 12.8. The number of esters is 1. The van der Waals surface area contributed by atoms with Crippen molar-refractivity contribution < 1.29 is 14.3 Å². The third-order valence-electron chi connectivity index (χ3n) is 5.15. The van der Waals surface area contributed by atoms with E-state index in [1.807, 2.05) is 12.1 Å². The molecule has 0 N–H and O–H groups in total. The van der Waals surface area contributed by atoms with Crippen molar-refractivity contribution in [3.05, 3.63) is 44.7 Å². The van der Waals surface area contributed by atoms with Crippen molar-refractivity contribution in [2.75, 3.05) is 6.61 Å². The van der Waals surface area contributed by atoms with Gasteiger partial charge in [-0.05, 0) is 56.9 Å². The standard InChI is InChI=1S/C23H23ClN2O4S/c1-13(2)30-23(28)17-9-14-12-31-20-11-19(29-8-4-3-7-25)18(24)10-16(20)21(14)26(22(17)27)15-5-6-15/h9-11,13,15H,3-6,8,12H2,1-2H3. The topological polar surface area (TPSA) is 81.3 Å². The van der Waals surface area contributed by atoms with Gasteiger partial charge in [0.2, 0.25) is 0 Å². The van der Waals surface area contributed by atoms with Gasteiger partial charge in [-0.25, -0.2) is 4.79 Å². The van der Waals surface area contributed by atoms with Gasteiger partial charge < -0.3 is 14.0 Å². The largest absolute Gasteiger partial charge is 0.492 e. The lowest BCUT2D eigenvalue weighted by atomic mass is 10.0. The molecule has 0 radical (unpaired) electrons. The van der Waals surface area contributed by atoms with E-state index in [0.717, 1.165) is 34.6 Å². The number of ether oxygens (including phenoxy) is 2. The van der Waals surface area contributed by atoms with Crippen LogP contribution in [0.15, 0.2) is 27.9 Å². The van der Waals surface area contributed by atoms with Crippen LogP contribution in [0.3, 0.4) is 0 Å². The van der Waals surface area contributed by atoms with E-state index >= 15 is 0 Å². The molecule has 2 heterocycles. The predicted molar refractivity (Wildman–Crippen MR) is 120 cm³/mol. The van der Waals surface area contributed by atoms with Crippen LogP contribution >= 0.6 is 23.4 Å². The third-order valence-corrected chi connectivity index (χ3v) is 6.55. The Labute approximate surface area is 190 Å². The Bertz CT molecular complexity index is 1130. The quantitative estimate of drug-likeness (QED) is 0.410. The van der Waals surface area contributed by atoms with Crippen molar-refractivity contribution >= 4 is 29.3 Å². The van der Waals surface area contributed by atoms with Crippen LogP contribution in [0, 0.1) is 11.3 Å². The summed E-state index contributed by atoms with van der Waals surface area (Å²) in [5.41, 5.74) is 2.43. The Kier molecular flexibility index (Phi) is 6.31. The molecule has 8 heteroatoms. The highest BCUT2D eigenvalue weighted by atomic mass is 35.5. The van der Waals surface area contributed by atoms with Crippen LogP contribution in [0.2, 0.25) is 5.02 Å². The minimum Gasteiger partial charge on any atom is -0.492 e. The molecule has 4 rings (SSSR count). The molecule has 0 unspecified atom stereocenters. The number of rotatable bonds is 7. The van der Waals surface area contributed by atoms with Gasteiger partial charge in [-0.2, -0.15) is 5.26 Å². The van der Waals surface area contributed by atoms with Crippen molar-refractivity contribution in [3.8, 4) is 23.1 Å². The van der Waals surface area contributed by atoms with Crippen molar-refractivity contribution in [1.82, 2.24) is 4.57 Å². The molecule has 0 bridgehead atoms. The van der Waals surface area contributed by atoms with E-state index in [4.69, 9.17) is 26.3 Å². The Morgan fingerprint density at radius 3 is 2.81 bits per heavy atom. The van der Waals surface area contributed by atoms with Gasteiger partial charge in [0.1, 0.15) is 11.3 Å². The maximum absolute atomic E-state index is 13.3. The van der Waals surface area contributed by atoms with Crippen molar-refractivity contribution in [2.45, 2.75) is 62.3 Å². The molecule has 0 atom stereocenters. The molecule has 0 amide bonds. The van der Waals surface area contributed by atoms with Crippen LogP contribution in [0.1, 0.15) is 61.5 Å². The molecule has 162 valence electrons. The van der Waals surface area contributed by atoms with Gasteiger partial charge in [0.15, 0.2) is 0 Å². The smallest absolute Gasteiger partial charge is 0.344 e. The number of hydrogen-bond donors (Lipinski definition) is 0. The monoisotopic (exact) mass is 458 g/mol. The molecule has 2 aromatic rings. The molecular weight excluding hydrogens is 436 g/mol. The first kappa shape index (κ1) is 21.8. The zero-order chi connectivity index (χ0) is 22.1. The van der Waals surface area contributed by atoms with Gasteiger partial charge in [0.25, 0.3) is 5.56 Å². The number of nitrogens with zero attached hydrogens (tertiary/aromatic N) is 2. The second kappa shape index (κ2) is 8.97. The number of thioether (sulfide) groups is 1. The van der Waals surface area contributed by atoms with E-state index in [-0.39, 0.29) is 23.3 Å². The van der Waals surface area contributed by atoms with Crippen LogP contribution in [0.4, 0.5) is 0 Å². The first-order valence-corrected chi connectivity index (χ1v) is 11.7. The number of halogens is 1. The zero-order valence-corrected chi connectivity index (χ0v) is 19.0. The SMILES string of the molecule is CC(C)OC(=O)c1cc2c(n(C3CC3)c1=O)-c1cc(Cl)c(OCCCC#N)cc1SC2. The maximum atomic E-state index is 13.3. The number of fused-ring (bicyclic) bond motifs is 3. The average molecular weight is 459 g/mol. The summed E-state index contributed by atoms with van der Waals surface area (Å²) in [7, 11) is 0. The van der Waals surface area contributed by atoms with Crippen LogP contribution in [-0.2, 0) is 10.5 Å². The van der Waals surface area contributed by atoms with E-state index in [9.17, 15) is 9.59 Å². The molecule has 1 aromatic carbocycles. The normalized spacial score (nSPS) is 14.5. The third kappa shape index (κ3) is 4.46. The number of benzene rings is 1. The summed E-state index contributed by atoms with van der Waals surface area (Å²) in [6.07, 6.45) is 2.59. The molecule has 1 saturated carbocycles. The van der Waals surface area contributed by atoms with Crippen molar-refractivity contribution in [2.24, 2.45) is 0 Å². The number of pyridine rings is 1. The number of hydrogen-bond acceptors (Lipinski definition) is 6. The Hall–Kier alpha value is -2.43. The number of unbranched alkanes of at least 4 members (excludes halogenated alkanes) is 1. The molecule has 6 nitrogen and oxygen atoms in total. The lowest BCUT2D eigenvalue weighted by Crippen LogP contribution is -2.30. The fraction of sp³-hybridized carbons (Fsp3) is 0.435. The minimum absolute atomic E-state index is 0.0877. The number of nitriles is 1.